The third-order valence-corrected chi connectivity index (χ3v) is 8.25. The topological polar surface area (TPSA) is 148 Å². The van der Waals surface area contributed by atoms with Crippen molar-refractivity contribution in [2.24, 2.45) is 5.73 Å². The van der Waals surface area contributed by atoms with Gasteiger partial charge in [0.1, 0.15) is 11.4 Å². The van der Waals surface area contributed by atoms with Gasteiger partial charge in [-0.25, -0.2) is 13.2 Å². The highest BCUT2D eigenvalue weighted by atomic mass is 32.2. The minimum atomic E-state index is -4.62. The number of carboxylic acid groups (broad SMARTS) is 1. The Hall–Kier alpha value is -2.66. The largest absolute Gasteiger partial charge is 0.497 e. The smallest absolute Gasteiger partial charge is 0.406 e. The van der Waals surface area contributed by atoms with E-state index in [1.807, 2.05) is 0 Å². The number of benzene rings is 2. The van der Waals surface area contributed by atoms with E-state index in [0.29, 0.717) is 11.3 Å². The molecule has 1 saturated carbocycles. The van der Waals surface area contributed by atoms with Gasteiger partial charge in [0, 0.05) is 6.42 Å². The van der Waals surface area contributed by atoms with Crippen LogP contribution >= 0.6 is 0 Å². The Morgan fingerprint density at radius 2 is 1.73 bits per heavy atom. The van der Waals surface area contributed by atoms with Crippen molar-refractivity contribution in [1.82, 2.24) is 5.32 Å². The maximum atomic E-state index is 13.8. The second kappa shape index (κ2) is 10.1. The van der Waals surface area contributed by atoms with Crippen LogP contribution in [0.1, 0.15) is 31.2 Å². The number of ether oxygens (including phenoxy) is 2. The first-order chi connectivity index (χ1) is 15.6. The summed E-state index contributed by atoms with van der Waals surface area (Å²) in [5.41, 5.74) is 4.67. The van der Waals surface area contributed by atoms with Crippen LogP contribution in [0.3, 0.4) is 0 Å². The first kappa shape index (κ1) is 25.0. The van der Waals surface area contributed by atoms with E-state index in [0.717, 1.165) is 25.7 Å². The first-order valence-electron chi connectivity index (χ1n) is 10.7. The summed E-state index contributed by atoms with van der Waals surface area (Å²) in [6.07, 6.45) is 1.20. The van der Waals surface area contributed by atoms with Crippen LogP contribution in [0.25, 0.3) is 0 Å². The lowest BCUT2D eigenvalue weighted by Crippen LogP contribution is -2.75. The number of nitrogens with one attached hydrogen (secondary N) is 1. The Labute approximate surface area is 193 Å². The van der Waals surface area contributed by atoms with Crippen molar-refractivity contribution in [1.29, 1.82) is 0 Å². The molecule has 1 aliphatic rings. The Balaban J connectivity index is 2.09. The van der Waals surface area contributed by atoms with Gasteiger partial charge in [-0.15, -0.1) is 0 Å². The van der Waals surface area contributed by atoms with E-state index in [4.69, 9.17) is 15.2 Å². The van der Waals surface area contributed by atoms with Gasteiger partial charge in [0.15, 0.2) is 0 Å². The monoisotopic (exact) mass is 478 g/mol. The third-order valence-electron chi connectivity index (χ3n) is 5.98. The van der Waals surface area contributed by atoms with Gasteiger partial charge in [0.2, 0.25) is 14.8 Å². The average molecular weight is 479 g/mol. The van der Waals surface area contributed by atoms with Crippen LogP contribution in [-0.2, 0) is 21.0 Å². The zero-order chi connectivity index (χ0) is 24.1. The van der Waals surface area contributed by atoms with Gasteiger partial charge in [0.25, 0.3) is 0 Å². The molecule has 3 rings (SSSR count). The summed E-state index contributed by atoms with van der Waals surface area (Å²) in [5.74, 6) is 0.423. The molecule has 0 spiro atoms. The molecule has 0 aliphatic heterocycles. The summed E-state index contributed by atoms with van der Waals surface area (Å²) in [6, 6.07) is 13.9. The molecule has 10 heteroatoms. The van der Waals surface area contributed by atoms with E-state index < -0.39 is 33.1 Å². The molecule has 1 amide bonds. The highest BCUT2D eigenvalue weighted by Gasteiger charge is 2.59. The zero-order valence-electron chi connectivity index (χ0n) is 18.4. The van der Waals surface area contributed by atoms with E-state index in [1.54, 1.807) is 30.3 Å². The fourth-order valence-electron chi connectivity index (χ4n) is 4.07. The summed E-state index contributed by atoms with van der Waals surface area (Å²) < 4.78 is 38.5. The van der Waals surface area contributed by atoms with Gasteiger partial charge in [-0.1, -0.05) is 43.2 Å². The molecule has 2 aromatic rings. The van der Waals surface area contributed by atoms with E-state index in [-0.39, 0.29) is 17.4 Å². The fraction of sp³-hybridized carbons (Fsp3) is 0.435. The number of sulfone groups is 1. The molecule has 5 N–H and O–H groups in total. The van der Waals surface area contributed by atoms with Crippen LogP contribution < -0.4 is 15.8 Å². The second-order valence-electron chi connectivity index (χ2n) is 8.24. The molecule has 2 atom stereocenters. The maximum absolute atomic E-state index is 13.8. The number of carbonyl (C=O) groups is 1. The van der Waals surface area contributed by atoms with Gasteiger partial charge in [0.05, 0.1) is 24.7 Å². The Kier molecular flexibility index (Phi) is 7.63. The summed E-state index contributed by atoms with van der Waals surface area (Å²) >= 11 is 0. The van der Waals surface area contributed by atoms with Crippen LogP contribution in [0, 0.1) is 0 Å². The number of nitrogens with two attached hydrogens (primary N) is 1. The van der Waals surface area contributed by atoms with Gasteiger partial charge in [-0.3, -0.25) is 5.32 Å². The summed E-state index contributed by atoms with van der Waals surface area (Å²) in [6.45, 7) is -0.699. The van der Waals surface area contributed by atoms with Crippen molar-refractivity contribution in [3.63, 3.8) is 0 Å². The van der Waals surface area contributed by atoms with Crippen LogP contribution in [-0.4, -0.2) is 55.1 Å². The predicted octanol–water partition coefficient (Wildman–Crippen LogP) is 2.28. The number of methoxy groups -OCH3 is 1. The fourth-order valence-corrected chi connectivity index (χ4v) is 5.78. The number of aliphatic hydroxyl groups is 1. The van der Waals surface area contributed by atoms with Crippen LogP contribution in [0.4, 0.5) is 4.79 Å². The number of hydrogen-bond donors (Lipinski definition) is 4. The van der Waals surface area contributed by atoms with Crippen LogP contribution in [0.15, 0.2) is 59.5 Å². The quantitative estimate of drug-likeness (QED) is 0.380. The molecule has 9 nitrogen and oxygen atoms in total. The molecule has 0 saturated heterocycles. The SMILES string of the molecule is COc1ccc(S(=O)(=O)[C@@](O)(COC2CCCC2)[C@](N)(Cc2ccccc2)NC(=O)O)cc1. The van der Waals surface area contributed by atoms with E-state index in [9.17, 15) is 23.4 Å². The second-order valence-corrected chi connectivity index (χ2v) is 10.4. The normalized spacial score (nSPS) is 18.3. The van der Waals surface area contributed by atoms with Crippen molar-refractivity contribution >= 4 is 15.9 Å². The maximum Gasteiger partial charge on any atom is 0.406 e. The van der Waals surface area contributed by atoms with Crippen molar-refractivity contribution in [2.45, 2.75) is 53.7 Å². The Morgan fingerprint density at radius 1 is 1.12 bits per heavy atom. The van der Waals surface area contributed by atoms with Gasteiger partial charge >= 0.3 is 6.09 Å². The molecule has 33 heavy (non-hydrogen) atoms. The minimum Gasteiger partial charge on any atom is -0.497 e. The lowest BCUT2D eigenvalue weighted by Gasteiger charge is -2.43. The van der Waals surface area contributed by atoms with Gasteiger partial charge in [-0.2, -0.15) is 0 Å². The molecule has 2 aromatic carbocycles. The number of amides is 1. The lowest BCUT2D eigenvalue weighted by atomic mass is 9.94. The van der Waals surface area contributed by atoms with Crippen molar-refractivity contribution in [2.75, 3.05) is 13.7 Å². The summed E-state index contributed by atoms with van der Waals surface area (Å²) in [7, 11) is -3.18. The highest BCUT2D eigenvalue weighted by molar-refractivity contribution is 7.92. The van der Waals surface area contributed by atoms with E-state index >= 15 is 0 Å². The summed E-state index contributed by atoms with van der Waals surface area (Å²) in [5, 5.41) is 23.4. The Bertz CT molecular complexity index is 1040. The molecule has 1 aliphatic carbocycles. The zero-order valence-corrected chi connectivity index (χ0v) is 19.3. The molecule has 0 heterocycles. The molecule has 0 bridgehead atoms. The van der Waals surface area contributed by atoms with E-state index in [1.165, 1.54) is 31.4 Å². The van der Waals surface area contributed by atoms with Gasteiger partial charge in [-0.05, 0) is 42.7 Å². The van der Waals surface area contributed by atoms with E-state index in [2.05, 4.69) is 5.32 Å². The van der Waals surface area contributed by atoms with Crippen molar-refractivity contribution in [3.8, 4) is 5.75 Å². The molecular formula is C23H30N2O7S. The predicted molar refractivity (Wildman–Crippen MR) is 122 cm³/mol. The minimum absolute atomic E-state index is 0.240. The third kappa shape index (κ3) is 5.30. The standard InChI is InChI=1S/C23H30N2O7S/c1-31-18-11-13-20(14-12-18)33(29,30)23(28,16-32-19-9-5-6-10-19)22(24,25-21(26)27)15-17-7-3-2-4-8-17/h2-4,7-8,11-14,19,25,28H,5-6,9-10,15-16,24H2,1H3,(H,26,27)/t22-,23-/m0/s1. The van der Waals surface area contributed by atoms with Crippen LogP contribution in [0.5, 0.6) is 5.75 Å². The molecule has 1 fully saturated rings. The molecule has 180 valence electrons. The number of rotatable bonds is 10. The average Bonchev–Trinajstić information content (AvgIpc) is 3.31. The van der Waals surface area contributed by atoms with Gasteiger partial charge < -0.3 is 25.4 Å². The molecule has 0 radical (unpaired) electrons. The Morgan fingerprint density at radius 3 is 2.27 bits per heavy atom. The molecular weight excluding hydrogens is 448 g/mol. The lowest BCUT2D eigenvalue weighted by molar-refractivity contribution is -0.0695. The van der Waals surface area contributed by atoms with Crippen molar-refractivity contribution in [3.05, 3.63) is 60.2 Å². The highest BCUT2D eigenvalue weighted by Crippen LogP contribution is 2.35. The molecule has 0 unspecified atom stereocenters. The molecule has 0 aromatic heterocycles. The number of hydrogen-bond acceptors (Lipinski definition) is 7. The van der Waals surface area contributed by atoms with Crippen molar-refractivity contribution < 1.29 is 32.9 Å². The summed E-state index contributed by atoms with van der Waals surface area (Å²) in [4.78, 5) is 8.65. The first-order valence-corrected chi connectivity index (χ1v) is 12.2. The van der Waals surface area contributed by atoms with Crippen LogP contribution in [0.2, 0.25) is 0 Å².